The van der Waals surface area contributed by atoms with Gasteiger partial charge in [0, 0.05) is 24.8 Å². The molecule has 15 heavy (non-hydrogen) atoms. The zero-order valence-electron chi connectivity index (χ0n) is 8.66. The van der Waals surface area contributed by atoms with Crippen molar-refractivity contribution in [2.45, 2.75) is 13.3 Å². The molecule has 4 nitrogen and oxygen atoms in total. The van der Waals surface area contributed by atoms with E-state index in [1.165, 1.54) is 0 Å². The predicted molar refractivity (Wildman–Crippen MR) is 61.8 cm³/mol. The van der Waals surface area contributed by atoms with Gasteiger partial charge in [-0.3, -0.25) is 0 Å². The third kappa shape index (κ3) is 2.66. The van der Waals surface area contributed by atoms with Gasteiger partial charge in [-0.15, -0.1) is 0 Å². The standard InChI is InChI=1S/C10H14BrN3O/c1-10(2-3-15-6-10)5-13-9-8(11)4-12-7-14-9/h4,7H,2-3,5-6H2,1H3,(H,12,13,14). The highest BCUT2D eigenvalue weighted by atomic mass is 79.9. The lowest BCUT2D eigenvalue weighted by atomic mass is 9.90. The lowest BCUT2D eigenvalue weighted by Gasteiger charge is -2.22. The summed E-state index contributed by atoms with van der Waals surface area (Å²) in [5, 5.41) is 3.32. The highest BCUT2D eigenvalue weighted by molar-refractivity contribution is 9.10. The van der Waals surface area contributed by atoms with Crippen molar-refractivity contribution in [3.8, 4) is 0 Å². The molecule has 0 saturated carbocycles. The molecule has 1 saturated heterocycles. The second-order valence-corrected chi connectivity index (χ2v) is 5.04. The van der Waals surface area contributed by atoms with Crippen LogP contribution in [0.15, 0.2) is 17.0 Å². The van der Waals surface area contributed by atoms with Crippen LogP contribution in [-0.4, -0.2) is 29.7 Å². The average molecular weight is 272 g/mol. The number of anilines is 1. The minimum absolute atomic E-state index is 0.227. The first-order valence-corrected chi connectivity index (χ1v) is 5.76. The largest absolute Gasteiger partial charge is 0.381 e. The fraction of sp³-hybridized carbons (Fsp3) is 0.600. The first-order valence-electron chi connectivity index (χ1n) is 4.97. The van der Waals surface area contributed by atoms with E-state index in [4.69, 9.17) is 4.74 Å². The van der Waals surface area contributed by atoms with E-state index >= 15 is 0 Å². The molecule has 1 aromatic rings. The molecular weight excluding hydrogens is 258 g/mol. The van der Waals surface area contributed by atoms with Gasteiger partial charge in [0.25, 0.3) is 0 Å². The van der Waals surface area contributed by atoms with Crippen LogP contribution < -0.4 is 5.32 Å². The molecule has 0 spiro atoms. The van der Waals surface area contributed by atoms with Gasteiger partial charge in [-0.1, -0.05) is 6.92 Å². The third-order valence-corrected chi connectivity index (χ3v) is 3.23. The summed E-state index contributed by atoms with van der Waals surface area (Å²) in [4.78, 5) is 8.08. The smallest absolute Gasteiger partial charge is 0.143 e. The molecule has 0 aromatic carbocycles. The van der Waals surface area contributed by atoms with Crippen LogP contribution in [0.4, 0.5) is 5.82 Å². The predicted octanol–water partition coefficient (Wildman–Crippen LogP) is 2.08. The Hall–Kier alpha value is -0.680. The van der Waals surface area contributed by atoms with Gasteiger partial charge in [-0.2, -0.15) is 0 Å². The maximum atomic E-state index is 5.39. The molecule has 0 radical (unpaired) electrons. The Morgan fingerprint density at radius 3 is 3.20 bits per heavy atom. The van der Waals surface area contributed by atoms with E-state index in [0.29, 0.717) is 0 Å². The molecule has 1 aliphatic rings. The summed E-state index contributed by atoms with van der Waals surface area (Å²) in [5.74, 6) is 0.845. The molecule has 1 atom stereocenters. The van der Waals surface area contributed by atoms with E-state index in [0.717, 1.165) is 36.5 Å². The van der Waals surface area contributed by atoms with Crippen molar-refractivity contribution in [2.24, 2.45) is 5.41 Å². The second kappa shape index (κ2) is 4.45. The number of nitrogens with zero attached hydrogens (tertiary/aromatic N) is 2. The Kier molecular flexibility index (Phi) is 3.21. The van der Waals surface area contributed by atoms with E-state index < -0.39 is 0 Å². The van der Waals surface area contributed by atoms with Crippen LogP contribution in [0.2, 0.25) is 0 Å². The minimum Gasteiger partial charge on any atom is -0.381 e. The summed E-state index contributed by atoms with van der Waals surface area (Å²) in [5.41, 5.74) is 0.227. The molecule has 0 bridgehead atoms. The molecule has 1 aromatic heterocycles. The Morgan fingerprint density at radius 1 is 1.67 bits per heavy atom. The summed E-state index contributed by atoms with van der Waals surface area (Å²) in [6.07, 6.45) is 4.38. The van der Waals surface area contributed by atoms with Crippen molar-refractivity contribution in [1.82, 2.24) is 9.97 Å². The Bertz CT molecular complexity index is 339. The SMILES string of the molecule is CC1(CNc2ncncc2Br)CCOC1. The maximum absolute atomic E-state index is 5.39. The van der Waals surface area contributed by atoms with E-state index in [-0.39, 0.29) is 5.41 Å². The van der Waals surface area contributed by atoms with Gasteiger partial charge < -0.3 is 10.1 Å². The van der Waals surface area contributed by atoms with Crippen molar-refractivity contribution in [1.29, 1.82) is 0 Å². The molecule has 0 amide bonds. The molecule has 2 heterocycles. The van der Waals surface area contributed by atoms with E-state index in [1.807, 2.05) is 0 Å². The molecule has 1 fully saturated rings. The van der Waals surface area contributed by atoms with Crippen LogP contribution in [0.5, 0.6) is 0 Å². The molecule has 2 rings (SSSR count). The van der Waals surface area contributed by atoms with Crippen LogP contribution in [0.25, 0.3) is 0 Å². The van der Waals surface area contributed by atoms with Crippen LogP contribution in [0.3, 0.4) is 0 Å². The fourth-order valence-corrected chi connectivity index (χ4v) is 1.95. The number of hydrogen-bond acceptors (Lipinski definition) is 4. The van der Waals surface area contributed by atoms with Crippen molar-refractivity contribution in [2.75, 3.05) is 25.1 Å². The molecule has 1 N–H and O–H groups in total. The number of hydrogen-bond donors (Lipinski definition) is 1. The summed E-state index contributed by atoms with van der Waals surface area (Å²) < 4.78 is 6.29. The Balaban J connectivity index is 1.95. The van der Waals surface area contributed by atoms with E-state index in [2.05, 4.69) is 38.1 Å². The van der Waals surface area contributed by atoms with Gasteiger partial charge in [-0.05, 0) is 22.4 Å². The second-order valence-electron chi connectivity index (χ2n) is 4.19. The minimum atomic E-state index is 0.227. The van der Waals surface area contributed by atoms with E-state index in [1.54, 1.807) is 12.5 Å². The summed E-state index contributed by atoms with van der Waals surface area (Å²) in [6, 6.07) is 0. The number of nitrogens with one attached hydrogen (secondary N) is 1. The first kappa shape index (κ1) is 10.8. The van der Waals surface area contributed by atoms with Gasteiger partial charge >= 0.3 is 0 Å². The van der Waals surface area contributed by atoms with Crippen LogP contribution in [0, 0.1) is 5.41 Å². The lowest BCUT2D eigenvalue weighted by Crippen LogP contribution is -2.27. The summed E-state index contributed by atoms with van der Waals surface area (Å²) in [7, 11) is 0. The molecule has 0 aliphatic carbocycles. The maximum Gasteiger partial charge on any atom is 0.143 e. The van der Waals surface area contributed by atoms with Crippen molar-refractivity contribution in [3.63, 3.8) is 0 Å². The first-order chi connectivity index (χ1) is 7.20. The van der Waals surface area contributed by atoms with Crippen LogP contribution in [-0.2, 0) is 4.74 Å². The number of halogens is 1. The van der Waals surface area contributed by atoms with Crippen molar-refractivity contribution < 1.29 is 4.74 Å². The quantitative estimate of drug-likeness (QED) is 0.915. The zero-order valence-corrected chi connectivity index (χ0v) is 10.2. The Labute approximate surface area is 97.6 Å². The average Bonchev–Trinajstić information content (AvgIpc) is 2.65. The van der Waals surface area contributed by atoms with Crippen LogP contribution in [0.1, 0.15) is 13.3 Å². The van der Waals surface area contributed by atoms with Gasteiger partial charge in [-0.25, -0.2) is 9.97 Å². The third-order valence-electron chi connectivity index (χ3n) is 2.65. The number of rotatable bonds is 3. The molecular formula is C10H14BrN3O. The van der Waals surface area contributed by atoms with Gasteiger partial charge in [0.2, 0.25) is 0 Å². The lowest BCUT2D eigenvalue weighted by molar-refractivity contribution is 0.164. The summed E-state index contributed by atoms with van der Waals surface area (Å²) >= 11 is 3.40. The molecule has 1 aliphatic heterocycles. The molecule has 5 heteroatoms. The fourth-order valence-electron chi connectivity index (χ4n) is 1.59. The van der Waals surface area contributed by atoms with Crippen molar-refractivity contribution >= 4 is 21.7 Å². The molecule has 1 unspecified atom stereocenters. The number of aromatic nitrogens is 2. The van der Waals surface area contributed by atoms with Crippen LogP contribution >= 0.6 is 15.9 Å². The summed E-state index contributed by atoms with van der Waals surface area (Å²) in [6.45, 7) is 4.79. The topological polar surface area (TPSA) is 47.0 Å². The van der Waals surface area contributed by atoms with Gasteiger partial charge in [0.15, 0.2) is 0 Å². The zero-order chi connectivity index (χ0) is 10.7. The normalized spacial score (nSPS) is 25.5. The Morgan fingerprint density at radius 2 is 2.53 bits per heavy atom. The van der Waals surface area contributed by atoms with Gasteiger partial charge in [0.1, 0.15) is 12.1 Å². The van der Waals surface area contributed by atoms with Gasteiger partial charge in [0.05, 0.1) is 11.1 Å². The van der Waals surface area contributed by atoms with E-state index in [9.17, 15) is 0 Å². The highest BCUT2D eigenvalue weighted by Gasteiger charge is 2.29. The molecule has 82 valence electrons. The highest BCUT2D eigenvalue weighted by Crippen LogP contribution is 2.28. The monoisotopic (exact) mass is 271 g/mol. The van der Waals surface area contributed by atoms with Crippen molar-refractivity contribution in [3.05, 3.63) is 17.0 Å². The number of ether oxygens (including phenoxy) is 1.